The van der Waals surface area contributed by atoms with Gasteiger partial charge in [0.25, 0.3) is 0 Å². The highest BCUT2D eigenvalue weighted by molar-refractivity contribution is 7.88. The summed E-state index contributed by atoms with van der Waals surface area (Å²) < 4.78 is 24.8. The number of carbonyl (C=O) groups is 1. The predicted octanol–water partition coefficient (Wildman–Crippen LogP) is 0.621. The number of fused-ring (bicyclic) bond motifs is 1. The zero-order chi connectivity index (χ0) is 18.9. The van der Waals surface area contributed by atoms with Crippen LogP contribution in [0, 0.1) is 5.92 Å². The van der Waals surface area contributed by atoms with E-state index in [1.54, 1.807) is 6.20 Å². The van der Waals surface area contributed by atoms with E-state index >= 15 is 0 Å². The van der Waals surface area contributed by atoms with Crippen molar-refractivity contribution in [3.05, 3.63) is 17.5 Å². The van der Waals surface area contributed by atoms with Crippen molar-refractivity contribution in [3.8, 4) is 0 Å². The fourth-order valence-corrected chi connectivity index (χ4v) is 4.32. The fourth-order valence-electron chi connectivity index (χ4n) is 3.52. The summed E-state index contributed by atoms with van der Waals surface area (Å²) in [5, 5.41) is 9.02. The standard InChI is InChI=1S/C16H25N5O4S/c1-19(10-12-3-6-20(7-4-12)16(22)23)15-17-9-13-11-21(26(2,24)25)8-5-14(13)18-15/h9,12H,3-8,10-11H2,1-2H3,(H,22,23). The molecule has 1 fully saturated rings. The lowest BCUT2D eigenvalue weighted by atomic mass is 9.96. The molecule has 0 spiro atoms. The Labute approximate surface area is 153 Å². The van der Waals surface area contributed by atoms with Gasteiger partial charge in [0.2, 0.25) is 16.0 Å². The Balaban J connectivity index is 1.61. The van der Waals surface area contributed by atoms with Crippen molar-refractivity contribution in [1.82, 2.24) is 19.2 Å². The van der Waals surface area contributed by atoms with Gasteiger partial charge in [0.15, 0.2) is 0 Å². The van der Waals surface area contributed by atoms with Crippen molar-refractivity contribution in [1.29, 1.82) is 0 Å². The highest BCUT2D eigenvalue weighted by Gasteiger charge is 2.26. The molecule has 1 saturated heterocycles. The highest BCUT2D eigenvalue weighted by atomic mass is 32.2. The zero-order valence-electron chi connectivity index (χ0n) is 15.1. The average Bonchev–Trinajstić information content (AvgIpc) is 2.60. The SMILES string of the molecule is CN(CC1CCN(C(=O)O)CC1)c1ncc2c(n1)CCN(S(C)(=O)=O)C2. The van der Waals surface area contributed by atoms with Gasteiger partial charge in [0.1, 0.15) is 0 Å². The van der Waals surface area contributed by atoms with Crippen LogP contribution in [0.3, 0.4) is 0 Å². The second kappa shape index (κ2) is 7.36. The Kier molecular flexibility index (Phi) is 5.33. The van der Waals surface area contributed by atoms with E-state index in [0.717, 1.165) is 30.6 Å². The van der Waals surface area contributed by atoms with E-state index in [4.69, 9.17) is 5.11 Å². The Morgan fingerprint density at radius 3 is 2.65 bits per heavy atom. The van der Waals surface area contributed by atoms with Gasteiger partial charge in [0, 0.05) is 58.0 Å². The maximum Gasteiger partial charge on any atom is 0.407 e. The van der Waals surface area contributed by atoms with Gasteiger partial charge in [-0.2, -0.15) is 4.31 Å². The molecule has 9 nitrogen and oxygen atoms in total. The minimum absolute atomic E-state index is 0.325. The number of likely N-dealkylation sites (tertiary alicyclic amines) is 1. The molecular weight excluding hydrogens is 358 g/mol. The predicted molar refractivity (Wildman–Crippen MR) is 96.6 cm³/mol. The smallest absolute Gasteiger partial charge is 0.407 e. The Hall–Kier alpha value is -1.94. The average molecular weight is 383 g/mol. The Morgan fingerprint density at radius 2 is 2.04 bits per heavy atom. The van der Waals surface area contributed by atoms with E-state index in [2.05, 4.69) is 9.97 Å². The van der Waals surface area contributed by atoms with Crippen molar-refractivity contribution in [2.24, 2.45) is 5.92 Å². The van der Waals surface area contributed by atoms with E-state index < -0.39 is 16.1 Å². The molecule has 3 rings (SSSR count). The summed E-state index contributed by atoms with van der Waals surface area (Å²) in [6.07, 6.45) is 4.35. The van der Waals surface area contributed by atoms with Crippen LogP contribution in [0.4, 0.5) is 10.7 Å². The van der Waals surface area contributed by atoms with Gasteiger partial charge in [-0.15, -0.1) is 0 Å². The van der Waals surface area contributed by atoms with Crippen LogP contribution in [-0.2, 0) is 23.0 Å². The van der Waals surface area contributed by atoms with Gasteiger partial charge in [-0.05, 0) is 18.8 Å². The summed E-state index contributed by atoms with van der Waals surface area (Å²) >= 11 is 0. The number of rotatable bonds is 4. The van der Waals surface area contributed by atoms with Crippen LogP contribution in [0.1, 0.15) is 24.1 Å². The largest absolute Gasteiger partial charge is 0.465 e. The second-order valence-corrected chi connectivity index (χ2v) is 9.06. The molecule has 0 aromatic carbocycles. The van der Waals surface area contributed by atoms with Gasteiger partial charge in [0.05, 0.1) is 11.9 Å². The lowest BCUT2D eigenvalue weighted by molar-refractivity contribution is 0.125. The first-order valence-corrected chi connectivity index (χ1v) is 10.6. The third kappa shape index (κ3) is 4.24. The molecule has 0 aliphatic carbocycles. The topological polar surface area (TPSA) is 107 Å². The molecule has 10 heteroatoms. The Morgan fingerprint density at radius 1 is 1.35 bits per heavy atom. The second-order valence-electron chi connectivity index (χ2n) is 7.08. The van der Waals surface area contributed by atoms with E-state index in [0.29, 0.717) is 44.5 Å². The molecule has 0 unspecified atom stereocenters. The van der Waals surface area contributed by atoms with Crippen molar-refractivity contribution >= 4 is 22.1 Å². The normalized spacial score (nSPS) is 19.2. The minimum atomic E-state index is -3.20. The van der Waals surface area contributed by atoms with E-state index in [1.165, 1.54) is 15.5 Å². The number of piperidine rings is 1. The van der Waals surface area contributed by atoms with Crippen LogP contribution in [0.2, 0.25) is 0 Å². The number of anilines is 1. The summed E-state index contributed by atoms with van der Waals surface area (Å²) in [7, 11) is -1.26. The lowest BCUT2D eigenvalue weighted by Gasteiger charge is -2.32. The summed E-state index contributed by atoms with van der Waals surface area (Å²) in [6, 6.07) is 0. The van der Waals surface area contributed by atoms with Gasteiger partial charge in [-0.25, -0.2) is 23.2 Å². The molecule has 0 atom stereocenters. The third-order valence-corrected chi connectivity index (χ3v) is 6.36. The van der Waals surface area contributed by atoms with Crippen molar-refractivity contribution in [2.75, 3.05) is 44.4 Å². The molecule has 2 aliphatic rings. The highest BCUT2D eigenvalue weighted by Crippen LogP contribution is 2.23. The molecule has 1 aromatic rings. The van der Waals surface area contributed by atoms with Crippen LogP contribution in [-0.4, -0.2) is 78.3 Å². The van der Waals surface area contributed by atoms with Gasteiger partial charge in [-0.3, -0.25) is 0 Å². The first-order chi connectivity index (χ1) is 12.2. The van der Waals surface area contributed by atoms with Crippen molar-refractivity contribution < 1.29 is 18.3 Å². The van der Waals surface area contributed by atoms with Crippen LogP contribution in [0.25, 0.3) is 0 Å². The van der Waals surface area contributed by atoms with Gasteiger partial charge in [-0.1, -0.05) is 0 Å². The summed E-state index contributed by atoms with van der Waals surface area (Å²) in [5.74, 6) is 1.05. The van der Waals surface area contributed by atoms with Crippen molar-refractivity contribution in [3.63, 3.8) is 0 Å². The Bertz CT molecular complexity index is 777. The first-order valence-electron chi connectivity index (χ1n) is 8.73. The summed E-state index contributed by atoms with van der Waals surface area (Å²) in [5.41, 5.74) is 1.76. The molecule has 0 bridgehead atoms. The number of sulfonamides is 1. The van der Waals surface area contributed by atoms with Crippen LogP contribution in [0.15, 0.2) is 6.20 Å². The lowest BCUT2D eigenvalue weighted by Crippen LogP contribution is -2.40. The fraction of sp³-hybridized carbons (Fsp3) is 0.688. The van der Waals surface area contributed by atoms with E-state index in [1.807, 2.05) is 11.9 Å². The molecule has 1 N–H and O–H groups in total. The monoisotopic (exact) mass is 383 g/mol. The first kappa shape index (κ1) is 18.8. The molecule has 0 saturated carbocycles. The maximum absolute atomic E-state index is 11.7. The number of hydrogen-bond donors (Lipinski definition) is 1. The van der Waals surface area contributed by atoms with E-state index in [-0.39, 0.29) is 0 Å². The number of amides is 1. The molecule has 0 radical (unpaired) electrons. The quantitative estimate of drug-likeness (QED) is 0.812. The summed E-state index contributed by atoms with van der Waals surface area (Å²) in [4.78, 5) is 23.5. The van der Waals surface area contributed by atoms with Crippen LogP contribution < -0.4 is 4.90 Å². The van der Waals surface area contributed by atoms with Crippen LogP contribution in [0.5, 0.6) is 0 Å². The molecular formula is C16H25N5O4S. The zero-order valence-corrected chi connectivity index (χ0v) is 15.9. The molecule has 26 heavy (non-hydrogen) atoms. The van der Waals surface area contributed by atoms with Crippen molar-refractivity contribution in [2.45, 2.75) is 25.8 Å². The van der Waals surface area contributed by atoms with Gasteiger partial charge < -0.3 is 14.9 Å². The number of hydrogen-bond acceptors (Lipinski definition) is 6. The molecule has 3 heterocycles. The maximum atomic E-state index is 11.7. The molecule has 2 aliphatic heterocycles. The van der Waals surface area contributed by atoms with Gasteiger partial charge >= 0.3 is 6.09 Å². The minimum Gasteiger partial charge on any atom is -0.465 e. The molecule has 1 amide bonds. The van der Waals surface area contributed by atoms with E-state index in [9.17, 15) is 13.2 Å². The molecule has 1 aromatic heterocycles. The molecule has 144 valence electrons. The number of nitrogens with zero attached hydrogens (tertiary/aromatic N) is 5. The summed E-state index contributed by atoms with van der Waals surface area (Å²) in [6.45, 7) is 2.69. The van der Waals surface area contributed by atoms with Crippen LogP contribution >= 0.6 is 0 Å². The number of carboxylic acid groups (broad SMARTS) is 1. The third-order valence-electron chi connectivity index (χ3n) is 5.11. The number of aromatic nitrogens is 2.